The number of anilines is 2. The van der Waals surface area contributed by atoms with Crippen LogP contribution in [-0.4, -0.2) is 18.9 Å². The molecule has 4 nitrogen and oxygen atoms in total. The van der Waals surface area contributed by atoms with Crippen molar-refractivity contribution in [2.45, 2.75) is 33.6 Å². The molecule has 0 aliphatic heterocycles. The van der Waals surface area contributed by atoms with Crippen molar-refractivity contribution >= 4 is 23.2 Å². The molecule has 0 bridgehead atoms. The van der Waals surface area contributed by atoms with Crippen LogP contribution >= 0.6 is 0 Å². The van der Waals surface area contributed by atoms with E-state index >= 15 is 0 Å². The summed E-state index contributed by atoms with van der Waals surface area (Å²) < 4.78 is 13.4. The zero-order valence-corrected chi connectivity index (χ0v) is 12.4. The number of carbonyl (C=O) groups is 2. The lowest BCUT2D eigenvalue weighted by atomic mass is 10.0. The lowest BCUT2D eigenvalue weighted by Crippen LogP contribution is -2.27. The van der Waals surface area contributed by atoms with Crippen LogP contribution in [0.4, 0.5) is 15.8 Å². The van der Waals surface area contributed by atoms with E-state index in [1.54, 1.807) is 7.05 Å². The van der Waals surface area contributed by atoms with Gasteiger partial charge < -0.3 is 10.2 Å². The van der Waals surface area contributed by atoms with E-state index in [1.807, 2.05) is 13.8 Å². The first-order valence-electron chi connectivity index (χ1n) is 6.75. The van der Waals surface area contributed by atoms with Crippen molar-refractivity contribution in [3.05, 3.63) is 24.0 Å². The minimum atomic E-state index is -0.453. The fraction of sp³-hybridized carbons (Fsp3) is 0.467. The van der Waals surface area contributed by atoms with Gasteiger partial charge in [0, 0.05) is 19.9 Å². The van der Waals surface area contributed by atoms with Crippen molar-refractivity contribution in [1.29, 1.82) is 0 Å². The third-order valence-electron chi connectivity index (χ3n) is 3.41. The molecule has 1 aromatic carbocycles. The zero-order valence-electron chi connectivity index (χ0n) is 12.4. The highest BCUT2D eigenvalue weighted by atomic mass is 19.1. The van der Waals surface area contributed by atoms with E-state index in [9.17, 15) is 14.0 Å². The molecule has 2 amide bonds. The summed E-state index contributed by atoms with van der Waals surface area (Å²) in [5.41, 5.74) is 0.804. The Balaban J connectivity index is 3.07. The summed E-state index contributed by atoms with van der Waals surface area (Å²) in [4.78, 5) is 24.9. The number of hydrogen-bond donors (Lipinski definition) is 1. The van der Waals surface area contributed by atoms with Crippen molar-refractivity contribution in [3.63, 3.8) is 0 Å². The van der Waals surface area contributed by atoms with Crippen LogP contribution in [0.1, 0.15) is 33.6 Å². The van der Waals surface area contributed by atoms with Gasteiger partial charge in [0.15, 0.2) is 0 Å². The van der Waals surface area contributed by atoms with Gasteiger partial charge in [0.25, 0.3) is 0 Å². The SMILES string of the molecule is CCC(CC)C(=O)Nc1cc(F)ccc1N(C)C(C)=O. The molecule has 0 fully saturated rings. The van der Waals surface area contributed by atoms with Crippen molar-refractivity contribution in [3.8, 4) is 0 Å². The average Bonchev–Trinajstić information content (AvgIpc) is 2.39. The van der Waals surface area contributed by atoms with E-state index in [0.29, 0.717) is 11.4 Å². The third-order valence-corrected chi connectivity index (χ3v) is 3.41. The molecule has 5 heteroatoms. The Bertz CT molecular complexity index is 499. The second-order valence-electron chi connectivity index (χ2n) is 4.74. The number of amides is 2. The van der Waals surface area contributed by atoms with Gasteiger partial charge in [-0.2, -0.15) is 0 Å². The molecule has 0 unspecified atom stereocenters. The fourth-order valence-electron chi connectivity index (χ4n) is 1.96. The second-order valence-corrected chi connectivity index (χ2v) is 4.74. The molecule has 110 valence electrons. The molecule has 0 spiro atoms. The molecule has 0 aliphatic rings. The number of nitrogens with one attached hydrogen (secondary N) is 1. The molecule has 1 aromatic rings. The van der Waals surface area contributed by atoms with Crippen molar-refractivity contribution in [2.75, 3.05) is 17.3 Å². The Hall–Kier alpha value is -1.91. The lowest BCUT2D eigenvalue weighted by Gasteiger charge is -2.21. The van der Waals surface area contributed by atoms with E-state index in [0.717, 1.165) is 12.8 Å². The molecular formula is C15H21FN2O2. The van der Waals surface area contributed by atoms with E-state index in [-0.39, 0.29) is 17.7 Å². The first kappa shape index (κ1) is 16.1. The standard InChI is InChI=1S/C15H21FN2O2/c1-5-11(6-2)15(20)17-13-9-12(16)7-8-14(13)18(4)10(3)19/h7-9,11H,5-6H2,1-4H3,(H,17,20). The number of nitrogens with zero attached hydrogens (tertiary/aromatic N) is 1. The molecular weight excluding hydrogens is 259 g/mol. The van der Waals surface area contributed by atoms with Gasteiger partial charge in [0.2, 0.25) is 11.8 Å². The van der Waals surface area contributed by atoms with Gasteiger partial charge in [-0.25, -0.2) is 4.39 Å². The van der Waals surface area contributed by atoms with E-state index in [1.165, 1.54) is 30.0 Å². The van der Waals surface area contributed by atoms with Crippen LogP contribution in [0, 0.1) is 11.7 Å². The van der Waals surface area contributed by atoms with Crippen LogP contribution in [0.15, 0.2) is 18.2 Å². The van der Waals surface area contributed by atoms with E-state index < -0.39 is 5.82 Å². The Kier molecular flexibility index (Phi) is 5.67. The smallest absolute Gasteiger partial charge is 0.227 e. The highest BCUT2D eigenvalue weighted by molar-refractivity contribution is 6.00. The summed E-state index contributed by atoms with van der Waals surface area (Å²) in [5, 5.41) is 2.72. The molecule has 0 aromatic heterocycles. The molecule has 0 atom stereocenters. The highest BCUT2D eigenvalue weighted by Gasteiger charge is 2.18. The van der Waals surface area contributed by atoms with Crippen LogP contribution in [0.5, 0.6) is 0 Å². The van der Waals surface area contributed by atoms with Gasteiger partial charge in [-0.3, -0.25) is 9.59 Å². The lowest BCUT2D eigenvalue weighted by molar-refractivity contribution is -0.120. The molecule has 0 radical (unpaired) electrons. The van der Waals surface area contributed by atoms with Gasteiger partial charge in [-0.05, 0) is 31.0 Å². The zero-order chi connectivity index (χ0) is 15.3. The molecule has 0 saturated heterocycles. The average molecular weight is 280 g/mol. The minimum Gasteiger partial charge on any atom is -0.324 e. The maximum Gasteiger partial charge on any atom is 0.227 e. The number of carbonyl (C=O) groups excluding carboxylic acids is 2. The molecule has 1 rings (SSSR count). The van der Waals surface area contributed by atoms with Gasteiger partial charge >= 0.3 is 0 Å². The normalized spacial score (nSPS) is 10.5. The summed E-state index contributed by atoms with van der Waals surface area (Å²) in [6, 6.07) is 3.98. The monoisotopic (exact) mass is 280 g/mol. The summed E-state index contributed by atoms with van der Waals surface area (Å²) in [6.07, 6.45) is 1.44. The summed E-state index contributed by atoms with van der Waals surface area (Å²) in [7, 11) is 1.59. The molecule has 0 saturated carbocycles. The van der Waals surface area contributed by atoms with E-state index in [4.69, 9.17) is 0 Å². The summed E-state index contributed by atoms with van der Waals surface area (Å²) in [5.74, 6) is -0.909. The first-order valence-corrected chi connectivity index (χ1v) is 6.75. The van der Waals surface area contributed by atoms with Gasteiger partial charge in [0.05, 0.1) is 11.4 Å². The van der Waals surface area contributed by atoms with Crippen LogP contribution in [0.3, 0.4) is 0 Å². The fourth-order valence-corrected chi connectivity index (χ4v) is 1.96. The minimum absolute atomic E-state index is 0.117. The summed E-state index contributed by atoms with van der Waals surface area (Å²) >= 11 is 0. The predicted molar refractivity (Wildman–Crippen MR) is 78.2 cm³/mol. The maximum absolute atomic E-state index is 13.4. The Labute approximate surface area is 119 Å². The summed E-state index contributed by atoms with van der Waals surface area (Å²) in [6.45, 7) is 5.28. The number of rotatable bonds is 5. The molecule has 0 heterocycles. The van der Waals surface area contributed by atoms with Gasteiger partial charge in [-0.1, -0.05) is 13.8 Å². The van der Waals surface area contributed by atoms with E-state index in [2.05, 4.69) is 5.32 Å². The second kappa shape index (κ2) is 7.03. The molecule has 0 aliphatic carbocycles. The van der Waals surface area contributed by atoms with Crippen LogP contribution in [0.2, 0.25) is 0 Å². The van der Waals surface area contributed by atoms with Crippen molar-refractivity contribution < 1.29 is 14.0 Å². The quantitative estimate of drug-likeness (QED) is 0.900. The third kappa shape index (κ3) is 3.79. The van der Waals surface area contributed by atoms with Gasteiger partial charge in [0.1, 0.15) is 5.82 Å². The predicted octanol–water partition coefficient (Wildman–Crippen LogP) is 3.18. The largest absolute Gasteiger partial charge is 0.324 e. The van der Waals surface area contributed by atoms with Gasteiger partial charge in [-0.15, -0.1) is 0 Å². The Morgan fingerprint density at radius 2 is 1.90 bits per heavy atom. The molecule has 1 N–H and O–H groups in total. The first-order chi connectivity index (χ1) is 9.40. The number of benzene rings is 1. The van der Waals surface area contributed by atoms with Crippen LogP contribution < -0.4 is 10.2 Å². The number of hydrogen-bond acceptors (Lipinski definition) is 2. The number of halogens is 1. The van der Waals surface area contributed by atoms with Crippen molar-refractivity contribution in [2.24, 2.45) is 5.92 Å². The maximum atomic E-state index is 13.4. The Morgan fingerprint density at radius 3 is 2.40 bits per heavy atom. The topological polar surface area (TPSA) is 49.4 Å². The Morgan fingerprint density at radius 1 is 1.30 bits per heavy atom. The van der Waals surface area contributed by atoms with Crippen molar-refractivity contribution in [1.82, 2.24) is 0 Å². The van der Waals surface area contributed by atoms with Crippen LogP contribution in [-0.2, 0) is 9.59 Å². The van der Waals surface area contributed by atoms with Crippen LogP contribution in [0.25, 0.3) is 0 Å². The molecule has 20 heavy (non-hydrogen) atoms. The highest BCUT2D eigenvalue weighted by Crippen LogP contribution is 2.27.